The maximum atomic E-state index is 12.7. The van der Waals surface area contributed by atoms with Crippen molar-refractivity contribution in [2.24, 2.45) is 0 Å². The SMILES string of the molecule is O=C(NCCSc1ccccc1)N1CCN(S(=O)(=O)c2cccc(Br)c2)CC1. The quantitative estimate of drug-likeness (QED) is 0.505. The summed E-state index contributed by atoms with van der Waals surface area (Å²) in [6.07, 6.45) is 0. The first-order valence-corrected chi connectivity index (χ1v) is 12.1. The van der Waals surface area contributed by atoms with Gasteiger partial charge in [-0.05, 0) is 30.3 Å². The number of carbonyl (C=O) groups is 1. The van der Waals surface area contributed by atoms with Crippen molar-refractivity contribution in [3.05, 3.63) is 59.1 Å². The second-order valence-electron chi connectivity index (χ2n) is 6.24. The highest BCUT2D eigenvalue weighted by Gasteiger charge is 2.30. The van der Waals surface area contributed by atoms with Gasteiger partial charge in [-0.3, -0.25) is 0 Å². The predicted molar refractivity (Wildman–Crippen MR) is 115 cm³/mol. The molecule has 0 radical (unpaired) electrons. The molecular weight excluding hydrogens is 462 g/mol. The minimum atomic E-state index is -3.54. The summed E-state index contributed by atoms with van der Waals surface area (Å²) in [6.45, 7) is 1.91. The molecule has 1 N–H and O–H groups in total. The van der Waals surface area contributed by atoms with Crippen molar-refractivity contribution in [1.82, 2.24) is 14.5 Å². The zero-order valence-electron chi connectivity index (χ0n) is 15.3. The Labute approximate surface area is 178 Å². The van der Waals surface area contributed by atoms with E-state index in [-0.39, 0.29) is 10.9 Å². The Morgan fingerprint density at radius 1 is 1.04 bits per heavy atom. The number of hydrogen-bond donors (Lipinski definition) is 1. The van der Waals surface area contributed by atoms with Crippen LogP contribution >= 0.6 is 27.7 Å². The van der Waals surface area contributed by atoms with Gasteiger partial charge in [-0.15, -0.1) is 11.8 Å². The minimum Gasteiger partial charge on any atom is -0.337 e. The Hall–Kier alpha value is -1.55. The molecule has 3 rings (SSSR count). The van der Waals surface area contributed by atoms with Gasteiger partial charge in [0.2, 0.25) is 10.0 Å². The molecular formula is C19H22BrN3O3S2. The molecule has 0 spiro atoms. The fourth-order valence-corrected chi connectivity index (χ4v) is 5.67. The Morgan fingerprint density at radius 2 is 1.75 bits per heavy atom. The van der Waals surface area contributed by atoms with Crippen molar-refractivity contribution >= 4 is 43.7 Å². The van der Waals surface area contributed by atoms with Gasteiger partial charge in [-0.25, -0.2) is 13.2 Å². The lowest BCUT2D eigenvalue weighted by Crippen LogP contribution is -2.53. The smallest absolute Gasteiger partial charge is 0.317 e. The van der Waals surface area contributed by atoms with Gasteiger partial charge in [0.1, 0.15) is 0 Å². The summed E-state index contributed by atoms with van der Waals surface area (Å²) in [5, 5.41) is 2.91. The fraction of sp³-hybridized carbons (Fsp3) is 0.316. The largest absolute Gasteiger partial charge is 0.337 e. The van der Waals surface area contributed by atoms with Gasteiger partial charge in [0.15, 0.2) is 0 Å². The van der Waals surface area contributed by atoms with Gasteiger partial charge in [0.25, 0.3) is 0 Å². The third-order valence-corrected chi connectivity index (χ3v) is 7.75. The van der Waals surface area contributed by atoms with Crippen LogP contribution in [-0.4, -0.2) is 62.1 Å². The van der Waals surface area contributed by atoms with E-state index in [1.165, 1.54) is 9.20 Å². The topological polar surface area (TPSA) is 69.7 Å². The van der Waals surface area contributed by atoms with Crippen LogP contribution in [0.1, 0.15) is 0 Å². The number of thioether (sulfide) groups is 1. The number of carbonyl (C=O) groups excluding carboxylic acids is 1. The fourth-order valence-electron chi connectivity index (χ4n) is 2.86. The van der Waals surface area contributed by atoms with Crippen molar-refractivity contribution in [2.45, 2.75) is 9.79 Å². The lowest BCUT2D eigenvalue weighted by Gasteiger charge is -2.34. The van der Waals surface area contributed by atoms with Crippen LogP contribution in [-0.2, 0) is 10.0 Å². The van der Waals surface area contributed by atoms with E-state index in [0.29, 0.717) is 32.7 Å². The molecule has 1 aliphatic rings. The number of rotatable bonds is 6. The Bertz CT molecular complexity index is 902. The van der Waals surface area contributed by atoms with Crippen LogP contribution in [0.2, 0.25) is 0 Å². The number of piperazine rings is 1. The van der Waals surface area contributed by atoms with Gasteiger partial charge in [-0.1, -0.05) is 40.2 Å². The zero-order chi connectivity index (χ0) is 20.0. The molecule has 150 valence electrons. The summed E-state index contributed by atoms with van der Waals surface area (Å²) in [5.74, 6) is 0.785. The monoisotopic (exact) mass is 483 g/mol. The highest BCUT2D eigenvalue weighted by atomic mass is 79.9. The zero-order valence-corrected chi connectivity index (χ0v) is 18.5. The first-order chi connectivity index (χ1) is 13.5. The van der Waals surface area contributed by atoms with E-state index >= 15 is 0 Å². The van der Waals surface area contributed by atoms with E-state index in [2.05, 4.69) is 21.2 Å². The van der Waals surface area contributed by atoms with Crippen LogP contribution in [0.25, 0.3) is 0 Å². The molecule has 1 heterocycles. The van der Waals surface area contributed by atoms with Crippen LogP contribution in [0, 0.1) is 0 Å². The van der Waals surface area contributed by atoms with E-state index in [1.807, 2.05) is 30.3 Å². The average molecular weight is 484 g/mol. The van der Waals surface area contributed by atoms with Gasteiger partial charge in [-0.2, -0.15) is 4.31 Å². The van der Waals surface area contributed by atoms with E-state index in [4.69, 9.17) is 0 Å². The molecule has 1 fully saturated rings. The third-order valence-electron chi connectivity index (χ3n) is 4.35. The van der Waals surface area contributed by atoms with Gasteiger partial charge < -0.3 is 10.2 Å². The lowest BCUT2D eigenvalue weighted by atomic mass is 10.4. The van der Waals surface area contributed by atoms with Crippen LogP contribution in [0.5, 0.6) is 0 Å². The van der Waals surface area contributed by atoms with Crippen molar-refractivity contribution in [3.8, 4) is 0 Å². The molecule has 2 amide bonds. The number of nitrogens with one attached hydrogen (secondary N) is 1. The van der Waals surface area contributed by atoms with E-state index in [1.54, 1.807) is 40.9 Å². The van der Waals surface area contributed by atoms with Crippen molar-refractivity contribution in [1.29, 1.82) is 0 Å². The predicted octanol–water partition coefficient (Wildman–Crippen LogP) is 3.26. The first-order valence-electron chi connectivity index (χ1n) is 8.93. The van der Waals surface area contributed by atoms with E-state index in [0.717, 1.165) is 10.2 Å². The van der Waals surface area contributed by atoms with Crippen molar-refractivity contribution in [3.63, 3.8) is 0 Å². The molecule has 2 aromatic rings. The lowest BCUT2D eigenvalue weighted by molar-refractivity contribution is 0.173. The number of nitrogens with zero attached hydrogens (tertiary/aromatic N) is 2. The second-order valence-corrected chi connectivity index (χ2v) is 10.3. The number of hydrogen-bond acceptors (Lipinski definition) is 4. The van der Waals surface area contributed by atoms with Crippen molar-refractivity contribution < 1.29 is 13.2 Å². The average Bonchev–Trinajstić information content (AvgIpc) is 2.72. The summed E-state index contributed by atoms with van der Waals surface area (Å²) >= 11 is 4.99. The molecule has 2 aromatic carbocycles. The molecule has 0 unspecified atom stereocenters. The van der Waals surface area contributed by atoms with E-state index < -0.39 is 10.0 Å². The standard InChI is InChI=1S/C19H22BrN3O3S2/c20-16-5-4-8-18(15-16)28(25,26)23-12-10-22(11-13-23)19(24)21-9-14-27-17-6-2-1-3-7-17/h1-8,15H,9-14H2,(H,21,24). The van der Waals surface area contributed by atoms with Gasteiger partial charge in [0, 0.05) is 47.8 Å². The Kier molecular flexibility index (Phi) is 7.39. The number of amides is 2. The molecule has 6 nitrogen and oxygen atoms in total. The maximum absolute atomic E-state index is 12.7. The highest BCUT2D eigenvalue weighted by Crippen LogP contribution is 2.21. The van der Waals surface area contributed by atoms with Crippen LogP contribution in [0.15, 0.2) is 68.9 Å². The summed E-state index contributed by atoms with van der Waals surface area (Å²) in [6, 6.07) is 16.6. The molecule has 1 saturated heterocycles. The number of urea groups is 1. The number of sulfonamides is 1. The Morgan fingerprint density at radius 3 is 2.43 bits per heavy atom. The van der Waals surface area contributed by atoms with E-state index in [9.17, 15) is 13.2 Å². The normalized spacial score (nSPS) is 15.4. The second kappa shape index (κ2) is 9.78. The number of benzene rings is 2. The Balaban J connectivity index is 1.45. The van der Waals surface area contributed by atoms with Crippen LogP contribution < -0.4 is 5.32 Å². The number of halogens is 1. The van der Waals surface area contributed by atoms with Crippen LogP contribution in [0.4, 0.5) is 4.79 Å². The summed E-state index contributed by atoms with van der Waals surface area (Å²) in [5.41, 5.74) is 0. The molecule has 0 bridgehead atoms. The van der Waals surface area contributed by atoms with Gasteiger partial charge >= 0.3 is 6.03 Å². The molecule has 28 heavy (non-hydrogen) atoms. The van der Waals surface area contributed by atoms with Crippen molar-refractivity contribution in [2.75, 3.05) is 38.5 Å². The summed E-state index contributed by atoms with van der Waals surface area (Å²) in [7, 11) is -3.54. The molecule has 1 aliphatic heterocycles. The minimum absolute atomic E-state index is 0.145. The molecule has 9 heteroatoms. The third kappa shape index (κ3) is 5.50. The molecule has 0 atom stereocenters. The highest BCUT2D eigenvalue weighted by molar-refractivity contribution is 9.10. The summed E-state index contributed by atoms with van der Waals surface area (Å²) in [4.78, 5) is 15.4. The molecule has 0 aromatic heterocycles. The van der Waals surface area contributed by atoms with Gasteiger partial charge in [0.05, 0.1) is 4.90 Å². The van der Waals surface area contributed by atoms with Crippen LogP contribution in [0.3, 0.4) is 0 Å². The maximum Gasteiger partial charge on any atom is 0.317 e. The summed E-state index contributed by atoms with van der Waals surface area (Å²) < 4.78 is 27.6. The molecule has 0 saturated carbocycles. The molecule has 0 aliphatic carbocycles. The first kappa shape index (κ1) is 21.2.